The molecule has 0 saturated carbocycles. The van der Waals surface area contributed by atoms with Crippen molar-refractivity contribution in [1.82, 2.24) is 10.0 Å². The number of fused-ring (bicyclic) bond motifs is 1. The number of amides is 1. The summed E-state index contributed by atoms with van der Waals surface area (Å²) in [6.07, 6.45) is 4.27. The summed E-state index contributed by atoms with van der Waals surface area (Å²) in [6, 6.07) is 3.97. The predicted octanol–water partition coefficient (Wildman–Crippen LogP) is 2.68. The SMILES string of the molecule is CC(C)CCC1(C)CN(N2CCCC2)C(=O)C(C2=NS(=O)(=O)c3cc(NS(C)(=O)=O)ccc3N2)=C1O. The first-order valence-electron chi connectivity index (χ1n) is 11.9. The standard InChI is InChI=1S/C23H33N5O6S2/c1-15(2)9-10-23(3)14-28(27-11-5-6-12-27)22(30)19(20(23)29)21-24-17-8-7-16(25-35(4,31)32)13-18(17)36(33,34)26-21/h7-8,13,15,25,29H,5-6,9-12,14H2,1-4H3,(H,24,26). The van der Waals surface area contributed by atoms with Gasteiger partial charge in [-0.15, -0.1) is 4.40 Å². The molecule has 1 aromatic rings. The molecule has 4 rings (SSSR count). The Labute approximate surface area is 212 Å². The molecule has 0 bridgehead atoms. The number of carbonyl (C=O) groups excluding carboxylic acids is 1. The molecule has 3 N–H and O–H groups in total. The normalized spacial score (nSPS) is 24.5. The van der Waals surface area contributed by atoms with Crippen molar-refractivity contribution in [2.75, 3.05) is 35.9 Å². The summed E-state index contributed by atoms with van der Waals surface area (Å²) in [5.41, 5.74) is -0.744. The summed E-state index contributed by atoms with van der Waals surface area (Å²) in [5, 5.41) is 17.9. The highest BCUT2D eigenvalue weighted by molar-refractivity contribution is 7.92. The fourth-order valence-corrected chi connectivity index (χ4v) is 6.45. The minimum absolute atomic E-state index is 0.0672. The third-order valence-electron chi connectivity index (χ3n) is 6.72. The minimum atomic E-state index is -4.30. The highest BCUT2D eigenvalue weighted by Crippen LogP contribution is 2.41. The molecule has 0 spiro atoms. The highest BCUT2D eigenvalue weighted by Gasteiger charge is 2.47. The molecule has 13 heteroatoms. The van der Waals surface area contributed by atoms with Gasteiger partial charge in [-0.25, -0.2) is 13.4 Å². The third-order valence-corrected chi connectivity index (χ3v) is 8.64. The van der Waals surface area contributed by atoms with E-state index in [2.05, 4.69) is 28.3 Å². The van der Waals surface area contributed by atoms with Crippen molar-refractivity contribution in [3.05, 3.63) is 29.5 Å². The second kappa shape index (κ2) is 9.34. The van der Waals surface area contributed by atoms with E-state index in [1.807, 2.05) is 11.9 Å². The Balaban J connectivity index is 1.78. The lowest BCUT2D eigenvalue weighted by Crippen LogP contribution is -2.56. The number of benzene rings is 1. The predicted molar refractivity (Wildman–Crippen MR) is 138 cm³/mol. The van der Waals surface area contributed by atoms with Crippen LogP contribution in [-0.4, -0.2) is 69.6 Å². The molecule has 0 aromatic heterocycles. The van der Waals surface area contributed by atoms with E-state index in [0.717, 1.165) is 25.5 Å². The molecular formula is C23H33N5O6S2. The largest absolute Gasteiger partial charge is 0.511 e. The Kier molecular flexibility index (Phi) is 6.86. The van der Waals surface area contributed by atoms with E-state index in [9.17, 15) is 26.7 Å². The summed E-state index contributed by atoms with van der Waals surface area (Å²) < 4.78 is 55.5. The number of rotatable bonds is 7. The fourth-order valence-electron chi connectivity index (χ4n) is 4.74. The van der Waals surface area contributed by atoms with Crippen molar-refractivity contribution in [2.45, 2.75) is 51.3 Å². The Bertz CT molecular complexity index is 1350. The fraction of sp³-hybridized carbons (Fsp3) is 0.565. The molecule has 0 radical (unpaired) electrons. The molecule has 198 valence electrons. The molecule has 36 heavy (non-hydrogen) atoms. The van der Waals surface area contributed by atoms with Gasteiger partial charge in [-0.2, -0.15) is 8.42 Å². The number of carbonyl (C=O) groups is 1. The van der Waals surface area contributed by atoms with Gasteiger partial charge < -0.3 is 10.4 Å². The Morgan fingerprint density at radius 3 is 2.53 bits per heavy atom. The summed E-state index contributed by atoms with van der Waals surface area (Å²) in [5.74, 6) is -0.544. The number of anilines is 2. The van der Waals surface area contributed by atoms with E-state index in [1.54, 1.807) is 5.01 Å². The number of nitrogens with zero attached hydrogens (tertiary/aromatic N) is 3. The van der Waals surface area contributed by atoms with E-state index in [-0.39, 0.29) is 33.4 Å². The van der Waals surface area contributed by atoms with Gasteiger partial charge in [-0.1, -0.05) is 20.8 Å². The van der Waals surface area contributed by atoms with Crippen molar-refractivity contribution in [2.24, 2.45) is 15.7 Å². The van der Waals surface area contributed by atoms with Gasteiger partial charge in [-0.3, -0.25) is 14.5 Å². The van der Waals surface area contributed by atoms with Gasteiger partial charge in [0.1, 0.15) is 16.2 Å². The number of hydrazine groups is 1. The van der Waals surface area contributed by atoms with Crippen LogP contribution in [0.5, 0.6) is 0 Å². The van der Waals surface area contributed by atoms with Gasteiger partial charge in [0.2, 0.25) is 10.0 Å². The van der Waals surface area contributed by atoms with E-state index in [4.69, 9.17) is 0 Å². The number of hydrogen-bond donors (Lipinski definition) is 3. The van der Waals surface area contributed by atoms with Crippen molar-refractivity contribution in [1.29, 1.82) is 0 Å². The number of hydrogen-bond acceptors (Lipinski definition) is 8. The Morgan fingerprint density at radius 1 is 1.25 bits per heavy atom. The average Bonchev–Trinajstić information content (AvgIpc) is 3.29. The first-order chi connectivity index (χ1) is 16.7. The van der Waals surface area contributed by atoms with Gasteiger partial charge in [0.25, 0.3) is 15.9 Å². The summed E-state index contributed by atoms with van der Waals surface area (Å²) >= 11 is 0. The maximum Gasteiger partial charge on any atom is 0.286 e. The van der Waals surface area contributed by atoms with E-state index >= 15 is 0 Å². The van der Waals surface area contributed by atoms with Crippen LogP contribution in [0.2, 0.25) is 0 Å². The average molecular weight is 540 g/mol. The van der Waals surface area contributed by atoms with E-state index < -0.39 is 31.4 Å². The quantitative estimate of drug-likeness (QED) is 0.479. The molecule has 1 aromatic carbocycles. The summed E-state index contributed by atoms with van der Waals surface area (Å²) in [6.45, 7) is 7.76. The molecular weight excluding hydrogens is 506 g/mol. The maximum absolute atomic E-state index is 13.7. The number of nitrogens with one attached hydrogen (secondary N) is 2. The summed E-state index contributed by atoms with van der Waals surface area (Å²) in [7, 11) is -7.92. The molecule has 11 nitrogen and oxygen atoms in total. The molecule has 3 aliphatic heterocycles. The number of sulfonamides is 2. The molecule has 1 amide bonds. The smallest absolute Gasteiger partial charge is 0.286 e. The van der Waals surface area contributed by atoms with Crippen molar-refractivity contribution < 1.29 is 26.7 Å². The van der Waals surface area contributed by atoms with Crippen LogP contribution < -0.4 is 10.0 Å². The van der Waals surface area contributed by atoms with Gasteiger partial charge in [0.05, 0.1) is 18.5 Å². The minimum Gasteiger partial charge on any atom is -0.511 e. The zero-order chi connectivity index (χ0) is 26.5. The van der Waals surface area contributed by atoms with Crippen molar-refractivity contribution in [3.63, 3.8) is 0 Å². The summed E-state index contributed by atoms with van der Waals surface area (Å²) in [4.78, 5) is 13.4. The second-order valence-corrected chi connectivity index (χ2v) is 13.7. The number of amidine groups is 1. The van der Waals surface area contributed by atoms with E-state index in [0.29, 0.717) is 32.0 Å². The zero-order valence-corrected chi connectivity index (χ0v) is 22.5. The van der Waals surface area contributed by atoms with Gasteiger partial charge in [0, 0.05) is 24.2 Å². The van der Waals surface area contributed by atoms with Gasteiger partial charge in [0.15, 0.2) is 5.84 Å². The highest BCUT2D eigenvalue weighted by atomic mass is 32.2. The Hall–Kier alpha value is -2.64. The monoisotopic (exact) mass is 539 g/mol. The van der Waals surface area contributed by atoms with E-state index in [1.165, 1.54) is 18.2 Å². The van der Waals surface area contributed by atoms with Crippen LogP contribution in [0.15, 0.2) is 38.8 Å². The molecule has 1 unspecified atom stereocenters. The van der Waals surface area contributed by atoms with Crippen LogP contribution in [0.1, 0.15) is 46.5 Å². The van der Waals surface area contributed by atoms with Crippen LogP contribution in [-0.2, 0) is 24.8 Å². The lowest BCUT2D eigenvalue weighted by atomic mass is 9.77. The van der Waals surface area contributed by atoms with Crippen LogP contribution in [0, 0.1) is 11.3 Å². The molecule has 1 atom stereocenters. The number of aliphatic hydroxyl groups excluding tert-OH is 1. The van der Waals surface area contributed by atoms with Crippen LogP contribution in [0.4, 0.5) is 11.4 Å². The van der Waals surface area contributed by atoms with Gasteiger partial charge >= 0.3 is 0 Å². The first-order valence-corrected chi connectivity index (χ1v) is 15.3. The second-order valence-electron chi connectivity index (χ2n) is 10.4. The van der Waals surface area contributed by atoms with Crippen molar-refractivity contribution >= 4 is 43.2 Å². The number of aliphatic hydroxyl groups is 1. The lowest BCUT2D eigenvalue weighted by Gasteiger charge is -2.44. The molecule has 3 aliphatic rings. The molecule has 3 heterocycles. The van der Waals surface area contributed by atoms with Crippen LogP contribution >= 0.6 is 0 Å². The van der Waals surface area contributed by atoms with Crippen LogP contribution in [0.3, 0.4) is 0 Å². The first kappa shape index (κ1) is 26.4. The maximum atomic E-state index is 13.7. The third kappa shape index (κ3) is 5.23. The van der Waals surface area contributed by atoms with Crippen molar-refractivity contribution in [3.8, 4) is 0 Å². The zero-order valence-electron chi connectivity index (χ0n) is 20.9. The van der Waals surface area contributed by atoms with Crippen LogP contribution in [0.25, 0.3) is 0 Å². The molecule has 1 saturated heterocycles. The molecule has 0 aliphatic carbocycles. The Morgan fingerprint density at radius 2 is 1.92 bits per heavy atom. The van der Waals surface area contributed by atoms with Gasteiger partial charge in [-0.05, 0) is 49.8 Å². The topological polar surface area (TPSA) is 148 Å². The molecule has 1 fully saturated rings. The lowest BCUT2D eigenvalue weighted by molar-refractivity contribution is -0.149.